The van der Waals surface area contributed by atoms with E-state index >= 15 is 0 Å². The van der Waals surface area contributed by atoms with E-state index in [1.54, 1.807) is 18.2 Å². The van der Waals surface area contributed by atoms with Crippen LogP contribution in [0.2, 0.25) is 0 Å². The van der Waals surface area contributed by atoms with E-state index in [0.717, 1.165) is 24.3 Å². The second-order valence-electron chi connectivity index (χ2n) is 5.31. The molecule has 0 aromatic heterocycles. The Kier molecular flexibility index (Phi) is 6.48. The molecule has 2 amide bonds. The molecule has 140 valence electrons. The third-order valence-corrected chi connectivity index (χ3v) is 3.26. The minimum Gasteiger partial charge on any atom is -0.452 e. The molecular weight excluding hydrogens is 363 g/mol. The largest absolute Gasteiger partial charge is 0.452 e. The summed E-state index contributed by atoms with van der Waals surface area (Å²) in [6.07, 6.45) is -2.47. The van der Waals surface area contributed by atoms with Crippen molar-refractivity contribution in [2.75, 3.05) is 6.61 Å². The molecule has 0 radical (unpaired) electrons. The lowest BCUT2D eigenvalue weighted by molar-refractivity contribution is -0.143. The average Bonchev–Trinajstić information content (AvgIpc) is 2.65. The maximum atomic E-state index is 12.6. The quantitative estimate of drug-likeness (QED) is 0.642. The van der Waals surface area contributed by atoms with Crippen molar-refractivity contribution in [3.05, 3.63) is 77.4 Å². The summed E-state index contributed by atoms with van der Waals surface area (Å²) in [6.45, 7) is -0.704. The fourth-order valence-corrected chi connectivity index (χ4v) is 1.99. The maximum absolute atomic E-state index is 12.6. The van der Waals surface area contributed by atoms with E-state index in [2.05, 4.69) is 4.74 Å². The standard InChI is InChI=1S/C19H14F3NO4/c20-19(21,22)15-8-4-5-13(11-15)9-10-17(25)27-12-16(24)23-18(26)14-6-2-1-3-7-14/h1-11H,12H2,(H,23,24,26)/b10-9+. The Morgan fingerprint density at radius 3 is 2.37 bits per heavy atom. The van der Waals surface area contributed by atoms with Gasteiger partial charge in [-0.25, -0.2) is 4.79 Å². The van der Waals surface area contributed by atoms with Crippen LogP contribution in [0.4, 0.5) is 13.2 Å². The third-order valence-electron chi connectivity index (χ3n) is 3.26. The van der Waals surface area contributed by atoms with E-state index in [9.17, 15) is 27.6 Å². The van der Waals surface area contributed by atoms with Crippen LogP contribution in [0.3, 0.4) is 0 Å². The number of imide groups is 1. The van der Waals surface area contributed by atoms with Crippen molar-refractivity contribution in [2.45, 2.75) is 6.18 Å². The van der Waals surface area contributed by atoms with Crippen molar-refractivity contribution >= 4 is 23.9 Å². The van der Waals surface area contributed by atoms with Crippen LogP contribution < -0.4 is 5.32 Å². The number of amides is 2. The molecule has 2 rings (SSSR count). The molecule has 0 aliphatic heterocycles. The third kappa shape index (κ3) is 6.43. The predicted molar refractivity (Wildman–Crippen MR) is 90.4 cm³/mol. The molecule has 0 spiro atoms. The molecule has 1 N–H and O–H groups in total. The van der Waals surface area contributed by atoms with Gasteiger partial charge in [-0.15, -0.1) is 0 Å². The van der Waals surface area contributed by atoms with Crippen molar-refractivity contribution in [1.29, 1.82) is 0 Å². The summed E-state index contributed by atoms with van der Waals surface area (Å²) >= 11 is 0. The molecule has 0 aliphatic rings. The zero-order valence-corrected chi connectivity index (χ0v) is 13.8. The molecule has 2 aromatic rings. The van der Waals surface area contributed by atoms with Crippen molar-refractivity contribution in [3.63, 3.8) is 0 Å². The van der Waals surface area contributed by atoms with Gasteiger partial charge < -0.3 is 4.74 Å². The van der Waals surface area contributed by atoms with E-state index in [-0.39, 0.29) is 11.1 Å². The minimum atomic E-state index is -4.49. The number of hydrogen-bond acceptors (Lipinski definition) is 4. The lowest BCUT2D eigenvalue weighted by Gasteiger charge is -2.06. The van der Waals surface area contributed by atoms with E-state index in [1.165, 1.54) is 24.3 Å². The first kappa shape index (κ1) is 19.9. The van der Waals surface area contributed by atoms with Gasteiger partial charge in [-0.3, -0.25) is 14.9 Å². The molecule has 0 heterocycles. The summed E-state index contributed by atoms with van der Waals surface area (Å²) in [4.78, 5) is 34.9. The number of carbonyl (C=O) groups excluding carboxylic acids is 3. The molecule has 0 atom stereocenters. The van der Waals surface area contributed by atoms with Crippen LogP contribution in [0.5, 0.6) is 0 Å². The fourth-order valence-electron chi connectivity index (χ4n) is 1.99. The van der Waals surface area contributed by atoms with Crippen LogP contribution in [0.15, 0.2) is 60.7 Å². The number of esters is 1. The van der Waals surface area contributed by atoms with Gasteiger partial charge in [0.1, 0.15) is 0 Å². The molecule has 0 unspecified atom stereocenters. The highest BCUT2D eigenvalue weighted by molar-refractivity contribution is 6.05. The van der Waals surface area contributed by atoms with Gasteiger partial charge in [0.25, 0.3) is 11.8 Å². The van der Waals surface area contributed by atoms with Crippen LogP contribution in [-0.2, 0) is 20.5 Å². The van der Waals surface area contributed by atoms with Crippen molar-refractivity contribution in [2.24, 2.45) is 0 Å². The number of alkyl halides is 3. The van der Waals surface area contributed by atoms with Crippen molar-refractivity contribution in [1.82, 2.24) is 5.32 Å². The second-order valence-corrected chi connectivity index (χ2v) is 5.31. The van der Waals surface area contributed by atoms with Crippen molar-refractivity contribution < 1.29 is 32.3 Å². The summed E-state index contributed by atoms with van der Waals surface area (Å²) in [7, 11) is 0. The molecule has 0 bridgehead atoms. The number of benzene rings is 2. The smallest absolute Gasteiger partial charge is 0.416 e. The molecule has 0 aliphatic carbocycles. The number of nitrogens with one attached hydrogen (secondary N) is 1. The molecule has 8 heteroatoms. The van der Waals surface area contributed by atoms with Crippen LogP contribution in [0.25, 0.3) is 6.08 Å². The van der Waals surface area contributed by atoms with Crippen LogP contribution in [0.1, 0.15) is 21.5 Å². The first-order valence-electron chi connectivity index (χ1n) is 7.67. The first-order valence-corrected chi connectivity index (χ1v) is 7.67. The van der Waals surface area contributed by atoms with Crippen LogP contribution >= 0.6 is 0 Å². The summed E-state index contributed by atoms with van der Waals surface area (Å²) < 4.78 is 42.5. The fraction of sp³-hybridized carbons (Fsp3) is 0.105. The summed E-state index contributed by atoms with van der Waals surface area (Å²) in [6, 6.07) is 12.3. The number of carbonyl (C=O) groups is 3. The summed E-state index contributed by atoms with van der Waals surface area (Å²) in [5.74, 6) is -2.41. The number of ether oxygens (including phenoxy) is 1. The monoisotopic (exact) mass is 377 g/mol. The Morgan fingerprint density at radius 2 is 1.70 bits per heavy atom. The van der Waals surface area contributed by atoms with E-state index in [4.69, 9.17) is 0 Å². The van der Waals surface area contributed by atoms with Gasteiger partial charge in [0.2, 0.25) is 0 Å². The average molecular weight is 377 g/mol. The highest BCUT2D eigenvalue weighted by Crippen LogP contribution is 2.29. The van der Waals surface area contributed by atoms with Crippen LogP contribution in [-0.4, -0.2) is 24.4 Å². The molecule has 0 fully saturated rings. The molecule has 2 aromatic carbocycles. The van der Waals surface area contributed by atoms with Crippen LogP contribution in [0, 0.1) is 0 Å². The van der Waals surface area contributed by atoms with E-state index in [1.807, 2.05) is 5.32 Å². The van der Waals surface area contributed by atoms with Gasteiger partial charge in [-0.2, -0.15) is 13.2 Å². The Bertz CT molecular complexity index is 861. The van der Waals surface area contributed by atoms with Gasteiger partial charge in [-0.05, 0) is 35.9 Å². The normalized spacial score (nSPS) is 11.2. The highest BCUT2D eigenvalue weighted by Gasteiger charge is 2.30. The Hall–Kier alpha value is -3.42. The SMILES string of the molecule is O=C(COC(=O)/C=C/c1cccc(C(F)(F)F)c1)NC(=O)c1ccccc1. The lowest BCUT2D eigenvalue weighted by Crippen LogP contribution is -2.33. The van der Waals surface area contributed by atoms with Gasteiger partial charge in [0.05, 0.1) is 5.56 Å². The Balaban J connectivity index is 1.84. The number of hydrogen-bond donors (Lipinski definition) is 1. The second kappa shape index (κ2) is 8.79. The predicted octanol–water partition coefficient (Wildman–Crippen LogP) is 3.22. The number of rotatable bonds is 5. The maximum Gasteiger partial charge on any atom is 0.416 e. The summed E-state index contributed by atoms with van der Waals surface area (Å²) in [5, 5.41) is 2.05. The Labute approximate surface area is 152 Å². The van der Waals surface area contributed by atoms with E-state index in [0.29, 0.717) is 0 Å². The topological polar surface area (TPSA) is 72.5 Å². The first-order chi connectivity index (χ1) is 12.8. The van der Waals surface area contributed by atoms with Gasteiger partial charge >= 0.3 is 12.1 Å². The highest BCUT2D eigenvalue weighted by atomic mass is 19.4. The molecule has 27 heavy (non-hydrogen) atoms. The molecular formula is C19H14F3NO4. The number of halogens is 3. The van der Waals surface area contributed by atoms with E-state index < -0.39 is 36.1 Å². The molecule has 0 saturated carbocycles. The van der Waals surface area contributed by atoms with Crippen molar-refractivity contribution in [3.8, 4) is 0 Å². The van der Waals surface area contributed by atoms with Gasteiger partial charge in [0.15, 0.2) is 6.61 Å². The Morgan fingerprint density at radius 1 is 1.00 bits per heavy atom. The molecule has 0 saturated heterocycles. The molecule has 5 nitrogen and oxygen atoms in total. The van der Waals surface area contributed by atoms with Gasteiger partial charge in [-0.1, -0.05) is 30.3 Å². The minimum absolute atomic E-state index is 0.144. The zero-order valence-electron chi connectivity index (χ0n) is 13.8. The zero-order chi connectivity index (χ0) is 19.9. The lowest BCUT2D eigenvalue weighted by atomic mass is 10.1. The summed E-state index contributed by atoms with van der Waals surface area (Å²) in [5.41, 5.74) is -0.441. The van der Waals surface area contributed by atoms with Gasteiger partial charge in [0, 0.05) is 11.6 Å².